The number of hydrogen-bond donors (Lipinski definition) is 0. The second-order valence-electron chi connectivity index (χ2n) is 5.51. The zero-order chi connectivity index (χ0) is 17.6. The molecule has 0 bridgehead atoms. The van der Waals surface area contributed by atoms with Gasteiger partial charge in [-0.15, -0.1) is 0 Å². The highest BCUT2D eigenvalue weighted by atomic mass is 16.5. The molecular weight excluding hydrogens is 320 g/mol. The van der Waals surface area contributed by atoms with Crippen LogP contribution in [0.3, 0.4) is 0 Å². The summed E-state index contributed by atoms with van der Waals surface area (Å²) in [7, 11) is 2.57. The Bertz CT molecular complexity index is 1100. The largest absolute Gasteiger partial charge is 0.465 e. The van der Waals surface area contributed by atoms with Crippen molar-refractivity contribution in [3.05, 3.63) is 59.7 Å². The highest BCUT2D eigenvalue weighted by molar-refractivity contribution is 6.16. The lowest BCUT2D eigenvalue weighted by Crippen LogP contribution is -2.10. The first-order chi connectivity index (χ1) is 12.2. The molecule has 3 heterocycles. The minimum absolute atomic E-state index is 0.168. The number of carbonyl (C=O) groups excluding carboxylic acids is 2. The molecule has 3 aromatic heterocycles. The first kappa shape index (κ1) is 15.1. The summed E-state index contributed by atoms with van der Waals surface area (Å²) in [6, 6.07) is 14.9. The van der Waals surface area contributed by atoms with Crippen LogP contribution in [0.15, 0.2) is 48.5 Å². The van der Waals surface area contributed by atoms with Crippen LogP contribution in [0.2, 0.25) is 0 Å². The highest BCUT2D eigenvalue weighted by Gasteiger charge is 2.31. The van der Waals surface area contributed by atoms with Crippen LogP contribution in [0.25, 0.3) is 27.9 Å². The summed E-state index contributed by atoms with van der Waals surface area (Å²) in [5, 5.41) is 0. The van der Waals surface area contributed by atoms with Gasteiger partial charge >= 0.3 is 11.9 Å². The number of pyridine rings is 1. The Kier molecular flexibility index (Phi) is 3.39. The molecule has 0 aliphatic rings. The molecular formula is C19H14N2O4. The van der Waals surface area contributed by atoms with Gasteiger partial charge in [0.1, 0.15) is 16.8 Å². The Hall–Kier alpha value is -3.41. The summed E-state index contributed by atoms with van der Waals surface area (Å²) in [6.45, 7) is 0. The van der Waals surface area contributed by atoms with E-state index in [2.05, 4.69) is 4.98 Å². The fraction of sp³-hybridized carbons (Fsp3) is 0.105. The third kappa shape index (κ3) is 2.07. The van der Waals surface area contributed by atoms with Crippen LogP contribution in [0.4, 0.5) is 0 Å². The number of carbonyl (C=O) groups is 2. The van der Waals surface area contributed by atoms with Crippen molar-refractivity contribution in [1.29, 1.82) is 0 Å². The third-order valence-electron chi connectivity index (χ3n) is 4.21. The van der Waals surface area contributed by atoms with Crippen LogP contribution in [-0.2, 0) is 9.47 Å². The first-order valence-corrected chi connectivity index (χ1v) is 7.66. The maximum atomic E-state index is 12.5. The summed E-state index contributed by atoms with van der Waals surface area (Å²) in [5.41, 5.74) is 3.58. The van der Waals surface area contributed by atoms with E-state index in [-0.39, 0.29) is 11.1 Å². The van der Waals surface area contributed by atoms with Crippen LogP contribution in [0, 0.1) is 0 Å². The van der Waals surface area contributed by atoms with Crippen molar-refractivity contribution in [2.24, 2.45) is 0 Å². The van der Waals surface area contributed by atoms with Gasteiger partial charge in [-0.1, -0.05) is 36.4 Å². The Morgan fingerprint density at radius 1 is 0.880 bits per heavy atom. The maximum Gasteiger partial charge on any atom is 0.341 e. The summed E-state index contributed by atoms with van der Waals surface area (Å²) >= 11 is 0. The fourth-order valence-corrected chi connectivity index (χ4v) is 3.17. The lowest BCUT2D eigenvalue weighted by Gasteiger charge is -2.03. The van der Waals surface area contributed by atoms with Crippen LogP contribution in [0.1, 0.15) is 20.7 Å². The Balaban J connectivity index is 2.20. The van der Waals surface area contributed by atoms with Gasteiger partial charge in [0, 0.05) is 5.56 Å². The normalized spacial score (nSPS) is 11.1. The van der Waals surface area contributed by atoms with Crippen molar-refractivity contribution in [2.75, 3.05) is 14.2 Å². The monoisotopic (exact) mass is 334 g/mol. The standard InChI is InChI=1S/C19H14N2O4/c1-24-18(22)14-12-9-6-10-13-20-16(11-7-4-3-5-8-11)17(21(12)13)15(14)19(23)25-2/h3-10H,1-2H3. The van der Waals surface area contributed by atoms with Crippen molar-refractivity contribution < 1.29 is 19.1 Å². The van der Waals surface area contributed by atoms with E-state index in [0.717, 1.165) is 5.56 Å². The van der Waals surface area contributed by atoms with E-state index in [1.54, 1.807) is 16.5 Å². The van der Waals surface area contributed by atoms with E-state index in [1.807, 2.05) is 36.4 Å². The SMILES string of the molecule is COC(=O)c1c(C(=O)OC)c2c(-c3ccccc3)nc3cccc1n32. The fourth-order valence-electron chi connectivity index (χ4n) is 3.17. The number of hydrogen-bond acceptors (Lipinski definition) is 5. The molecule has 0 radical (unpaired) electrons. The number of methoxy groups -OCH3 is 2. The number of nitrogens with zero attached hydrogens (tertiary/aromatic N) is 2. The minimum atomic E-state index is -0.601. The average Bonchev–Trinajstić information content (AvgIpc) is 3.21. The van der Waals surface area contributed by atoms with E-state index in [1.165, 1.54) is 14.2 Å². The van der Waals surface area contributed by atoms with Gasteiger partial charge in [0.15, 0.2) is 0 Å². The molecule has 0 unspecified atom stereocenters. The molecule has 0 fully saturated rings. The van der Waals surface area contributed by atoms with Gasteiger partial charge in [-0.3, -0.25) is 4.40 Å². The lowest BCUT2D eigenvalue weighted by molar-refractivity contribution is 0.0559. The molecule has 0 aliphatic heterocycles. The van der Waals surface area contributed by atoms with Gasteiger partial charge in [0.2, 0.25) is 0 Å². The summed E-state index contributed by atoms with van der Waals surface area (Å²) in [5.74, 6) is -1.19. The molecule has 0 spiro atoms. The predicted octanol–water partition coefficient (Wildman–Crippen LogP) is 3.17. The molecule has 0 amide bonds. The van der Waals surface area contributed by atoms with Crippen molar-refractivity contribution in [3.8, 4) is 11.3 Å². The smallest absolute Gasteiger partial charge is 0.341 e. The van der Waals surface area contributed by atoms with E-state index < -0.39 is 11.9 Å². The maximum absolute atomic E-state index is 12.5. The molecule has 0 N–H and O–H groups in total. The van der Waals surface area contributed by atoms with Gasteiger partial charge in [-0.05, 0) is 12.1 Å². The zero-order valence-corrected chi connectivity index (χ0v) is 13.6. The molecule has 0 atom stereocenters. The van der Waals surface area contributed by atoms with Crippen molar-refractivity contribution in [2.45, 2.75) is 0 Å². The third-order valence-corrected chi connectivity index (χ3v) is 4.21. The van der Waals surface area contributed by atoms with Crippen molar-refractivity contribution >= 4 is 28.6 Å². The van der Waals surface area contributed by atoms with E-state index in [9.17, 15) is 9.59 Å². The zero-order valence-electron chi connectivity index (χ0n) is 13.6. The first-order valence-electron chi connectivity index (χ1n) is 7.66. The Morgan fingerprint density at radius 2 is 1.56 bits per heavy atom. The molecule has 0 saturated carbocycles. The van der Waals surface area contributed by atoms with Gasteiger partial charge in [-0.2, -0.15) is 0 Å². The molecule has 124 valence electrons. The molecule has 4 aromatic rings. The number of esters is 2. The summed E-state index contributed by atoms with van der Waals surface area (Å²) in [6.07, 6.45) is 0. The topological polar surface area (TPSA) is 69.9 Å². The predicted molar refractivity (Wildman–Crippen MR) is 92.0 cm³/mol. The number of ether oxygens (including phenoxy) is 2. The molecule has 0 saturated heterocycles. The average molecular weight is 334 g/mol. The second-order valence-corrected chi connectivity index (χ2v) is 5.51. The van der Waals surface area contributed by atoms with Crippen LogP contribution in [-0.4, -0.2) is 35.5 Å². The van der Waals surface area contributed by atoms with Crippen LogP contribution < -0.4 is 0 Å². The van der Waals surface area contributed by atoms with Crippen LogP contribution >= 0.6 is 0 Å². The van der Waals surface area contributed by atoms with Crippen LogP contribution in [0.5, 0.6) is 0 Å². The van der Waals surface area contributed by atoms with Gasteiger partial charge < -0.3 is 9.47 Å². The van der Waals surface area contributed by atoms with E-state index >= 15 is 0 Å². The van der Waals surface area contributed by atoms with Gasteiger partial charge in [0.25, 0.3) is 0 Å². The molecule has 6 heteroatoms. The number of imidazole rings is 1. The Labute approximate surface area is 142 Å². The lowest BCUT2D eigenvalue weighted by atomic mass is 10.1. The quantitative estimate of drug-likeness (QED) is 0.538. The molecule has 0 aliphatic carbocycles. The molecule has 25 heavy (non-hydrogen) atoms. The van der Waals surface area contributed by atoms with Gasteiger partial charge in [0.05, 0.1) is 30.9 Å². The van der Waals surface area contributed by atoms with E-state index in [4.69, 9.17) is 9.47 Å². The van der Waals surface area contributed by atoms with Gasteiger partial charge in [-0.25, -0.2) is 14.6 Å². The number of aromatic nitrogens is 2. The van der Waals surface area contributed by atoms with Crippen molar-refractivity contribution in [3.63, 3.8) is 0 Å². The molecule has 6 nitrogen and oxygen atoms in total. The second kappa shape index (κ2) is 5.59. The summed E-state index contributed by atoms with van der Waals surface area (Å²) in [4.78, 5) is 29.5. The molecule has 1 aromatic carbocycles. The highest BCUT2D eigenvalue weighted by Crippen LogP contribution is 2.36. The van der Waals surface area contributed by atoms with E-state index in [0.29, 0.717) is 22.4 Å². The summed E-state index contributed by atoms with van der Waals surface area (Å²) < 4.78 is 11.6. The Morgan fingerprint density at radius 3 is 2.24 bits per heavy atom. The molecule has 4 rings (SSSR count). The van der Waals surface area contributed by atoms with Crippen molar-refractivity contribution in [1.82, 2.24) is 9.38 Å². The number of rotatable bonds is 3. The number of benzene rings is 1. The minimum Gasteiger partial charge on any atom is -0.465 e.